The Morgan fingerprint density at radius 2 is 1.76 bits per heavy atom. The lowest BCUT2D eigenvalue weighted by Gasteiger charge is -2.07. The molecule has 1 aromatic rings. The Balaban J connectivity index is 2.46. The highest BCUT2D eigenvalue weighted by molar-refractivity contribution is 7.89. The van der Waals surface area contributed by atoms with E-state index in [2.05, 4.69) is 4.72 Å². The van der Waals surface area contributed by atoms with Gasteiger partial charge in [-0.15, -0.1) is 0 Å². The van der Waals surface area contributed by atoms with E-state index in [-0.39, 0.29) is 23.5 Å². The van der Waals surface area contributed by atoms with Crippen molar-refractivity contribution in [2.24, 2.45) is 0 Å². The van der Waals surface area contributed by atoms with Gasteiger partial charge in [-0.25, -0.2) is 13.1 Å². The fourth-order valence-corrected chi connectivity index (χ4v) is 2.68. The molecule has 0 heterocycles. The van der Waals surface area contributed by atoms with Crippen LogP contribution in [0.3, 0.4) is 0 Å². The van der Waals surface area contributed by atoms with Crippen molar-refractivity contribution in [3.05, 3.63) is 34.4 Å². The van der Waals surface area contributed by atoms with E-state index < -0.39 is 20.9 Å². The normalized spacial score (nSPS) is 11.2. The summed E-state index contributed by atoms with van der Waals surface area (Å²) in [5.41, 5.74) is -0.184. The number of nitrogens with one attached hydrogen (secondary N) is 1. The van der Waals surface area contributed by atoms with Crippen LogP contribution in [0, 0.1) is 10.1 Å². The molecule has 1 aromatic carbocycles. The third-order valence-corrected chi connectivity index (χ3v) is 4.18. The number of carboxylic acids is 1. The van der Waals surface area contributed by atoms with Crippen molar-refractivity contribution in [1.82, 2.24) is 4.72 Å². The summed E-state index contributed by atoms with van der Waals surface area (Å²) >= 11 is 0. The molecule has 0 atom stereocenters. The van der Waals surface area contributed by atoms with Gasteiger partial charge in [0.2, 0.25) is 10.0 Å². The topological polar surface area (TPSA) is 129 Å². The molecule has 0 bridgehead atoms. The lowest BCUT2D eigenvalue weighted by atomic mass is 10.2. The van der Waals surface area contributed by atoms with Gasteiger partial charge in [0.25, 0.3) is 5.69 Å². The van der Waals surface area contributed by atoms with Gasteiger partial charge >= 0.3 is 0 Å². The standard InChI is InChI=1S/C12H16N2O6S/c15-12(16)4-2-1-3-9-13-21(19,20)11-7-5-10(6-8-11)14(17)18/h5-8,13H,1-4,9H2,(H,15,16)/p-1. The minimum atomic E-state index is -3.71. The van der Waals surface area contributed by atoms with Gasteiger partial charge in [-0.05, 0) is 31.4 Å². The van der Waals surface area contributed by atoms with Gasteiger partial charge in [-0.2, -0.15) is 0 Å². The van der Waals surface area contributed by atoms with E-state index in [1.165, 1.54) is 0 Å². The van der Waals surface area contributed by atoms with E-state index in [1.54, 1.807) is 0 Å². The molecule has 1 N–H and O–H groups in total. The van der Waals surface area contributed by atoms with Crippen LogP contribution in [0.15, 0.2) is 29.2 Å². The summed E-state index contributed by atoms with van der Waals surface area (Å²) in [5, 5.41) is 20.7. The summed E-state index contributed by atoms with van der Waals surface area (Å²) in [6.45, 7) is 0.173. The minimum absolute atomic E-state index is 0.0465. The van der Waals surface area contributed by atoms with Gasteiger partial charge < -0.3 is 9.90 Å². The molecule has 0 spiro atoms. The van der Waals surface area contributed by atoms with E-state index in [0.717, 1.165) is 24.3 Å². The van der Waals surface area contributed by atoms with Gasteiger partial charge in [-0.1, -0.05) is 6.42 Å². The third kappa shape index (κ3) is 5.88. The number of hydrogen-bond acceptors (Lipinski definition) is 6. The highest BCUT2D eigenvalue weighted by atomic mass is 32.2. The monoisotopic (exact) mass is 315 g/mol. The molecule has 0 fully saturated rings. The molecule has 0 saturated carbocycles. The van der Waals surface area contributed by atoms with E-state index in [4.69, 9.17) is 0 Å². The number of benzene rings is 1. The Labute approximate surface area is 122 Å². The Bertz CT molecular complexity index is 597. The number of carboxylic acid groups (broad SMARTS) is 1. The number of aliphatic carboxylic acids is 1. The number of carbonyl (C=O) groups is 1. The van der Waals surface area contributed by atoms with E-state index >= 15 is 0 Å². The molecule has 0 aliphatic rings. The van der Waals surface area contributed by atoms with Gasteiger partial charge in [0.1, 0.15) is 0 Å². The van der Waals surface area contributed by atoms with Gasteiger partial charge in [0.15, 0.2) is 0 Å². The van der Waals surface area contributed by atoms with Gasteiger partial charge in [0.05, 0.1) is 9.82 Å². The maximum atomic E-state index is 11.9. The Morgan fingerprint density at radius 3 is 2.29 bits per heavy atom. The van der Waals surface area contributed by atoms with Crippen LogP contribution in [0.4, 0.5) is 5.69 Å². The van der Waals surface area contributed by atoms with Crippen molar-refractivity contribution in [1.29, 1.82) is 0 Å². The quantitative estimate of drug-likeness (QED) is 0.393. The van der Waals surface area contributed by atoms with Crippen LogP contribution in [0.2, 0.25) is 0 Å². The molecule has 21 heavy (non-hydrogen) atoms. The lowest BCUT2D eigenvalue weighted by molar-refractivity contribution is -0.384. The van der Waals surface area contributed by atoms with Crippen molar-refractivity contribution in [2.75, 3.05) is 6.54 Å². The maximum absolute atomic E-state index is 11.9. The summed E-state index contributed by atoms with van der Waals surface area (Å²) in [6.07, 6.45) is 1.45. The molecular formula is C12H15N2O6S-. The molecule has 0 unspecified atom stereocenters. The fraction of sp³-hybridized carbons (Fsp3) is 0.417. The molecule has 9 heteroatoms. The van der Waals surface area contributed by atoms with Crippen molar-refractivity contribution >= 4 is 21.7 Å². The Kier molecular flexibility index (Phi) is 6.25. The molecule has 0 amide bonds. The highest BCUT2D eigenvalue weighted by Gasteiger charge is 2.14. The first kappa shape index (κ1) is 17.1. The highest BCUT2D eigenvalue weighted by Crippen LogP contribution is 2.15. The van der Waals surface area contributed by atoms with Crippen LogP contribution >= 0.6 is 0 Å². The largest absolute Gasteiger partial charge is 0.550 e. The number of carbonyl (C=O) groups excluding carboxylic acids is 1. The van der Waals surface area contributed by atoms with Crippen molar-refractivity contribution < 1.29 is 23.2 Å². The molecule has 1 rings (SSSR count). The molecule has 0 aliphatic carbocycles. The predicted octanol–water partition coefficient (Wildman–Crippen LogP) is 0.183. The molecule has 0 radical (unpaired) electrons. The van der Waals surface area contributed by atoms with Crippen LogP contribution in [0.25, 0.3) is 0 Å². The van der Waals surface area contributed by atoms with E-state index in [9.17, 15) is 28.4 Å². The van der Waals surface area contributed by atoms with Crippen LogP contribution < -0.4 is 9.83 Å². The SMILES string of the molecule is O=C([O-])CCCCCNS(=O)(=O)c1ccc([N+](=O)[O-])cc1. The number of rotatable bonds is 9. The first-order valence-electron chi connectivity index (χ1n) is 6.27. The number of non-ortho nitro benzene ring substituents is 1. The number of sulfonamides is 1. The summed E-state index contributed by atoms with van der Waals surface area (Å²) in [4.78, 5) is 20.0. The van der Waals surface area contributed by atoms with Gasteiger partial charge in [-0.3, -0.25) is 10.1 Å². The van der Waals surface area contributed by atoms with Crippen molar-refractivity contribution in [3.8, 4) is 0 Å². The van der Waals surface area contributed by atoms with E-state index in [1.807, 2.05) is 0 Å². The third-order valence-electron chi connectivity index (χ3n) is 2.71. The second kappa shape index (κ2) is 7.70. The van der Waals surface area contributed by atoms with E-state index in [0.29, 0.717) is 19.3 Å². The average molecular weight is 315 g/mol. The Hall–Kier alpha value is -2.00. The molecule has 116 valence electrons. The summed E-state index contributed by atoms with van der Waals surface area (Å²) < 4.78 is 26.1. The van der Waals surface area contributed by atoms with Crippen molar-refractivity contribution in [3.63, 3.8) is 0 Å². The zero-order chi connectivity index (χ0) is 15.9. The lowest BCUT2D eigenvalue weighted by Crippen LogP contribution is -2.25. The van der Waals surface area contributed by atoms with Crippen LogP contribution in [0.1, 0.15) is 25.7 Å². The van der Waals surface area contributed by atoms with Crippen LogP contribution in [0.5, 0.6) is 0 Å². The fourth-order valence-electron chi connectivity index (χ4n) is 1.61. The molecule has 0 saturated heterocycles. The summed E-state index contributed by atoms with van der Waals surface area (Å²) in [5.74, 6) is -1.12. The molecular weight excluding hydrogens is 300 g/mol. The molecule has 0 aliphatic heterocycles. The van der Waals surface area contributed by atoms with Crippen LogP contribution in [-0.4, -0.2) is 25.9 Å². The van der Waals surface area contributed by atoms with Crippen molar-refractivity contribution in [2.45, 2.75) is 30.6 Å². The summed E-state index contributed by atoms with van der Waals surface area (Å²) in [6, 6.07) is 4.57. The predicted molar refractivity (Wildman–Crippen MR) is 71.8 cm³/mol. The second-order valence-corrected chi connectivity index (χ2v) is 6.10. The number of unbranched alkanes of at least 4 members (excludes halogenated alkanes) is 2. The first-order chi connectivity index (χ1) is 9.83. The minimum Gasteiger partial charge on any atom is -0.550 e. The number of hydrogen-bond donors (Lipinski definition) is 1. The Morgan fingerprint density at radius 1 is 1.14 bits per heavy atom. The van der Waals surface area contributed by atoms with Crippen LogP contribution in [-0.2, 0) is 14.8 Å². The van der Waals surface area contributed by atoms with Gasteiger partial charge in [0, 0.05) is 24.6 Å². The maximum Gasteiger partial charge on any atom is 0.269 e. The smallest absolute Gasteiger partial charge is 0.269 e. The summed E-state index contributed by atoms with van der Waals surface area (Å²) in [7, 11) is -3.71. The zero-order valence-electron chi connectivity index (χ0n) is 11.1. The average Bonchev–Trinajstić information content (AvgIpc) is 2.42. The molecule has 8 nitrogen and oxygen atoms in total. The zero-order valence-corrected chi connectivity index (χ0v) is 12.0. The first-order valence-corrected chi connectivity index (χ1v) is 7.75. The number of nitrogens with zero attached hydrogens (tertiary/aromatic N) is 1. The second-order valence-electron chi connectivity index (χ2n) is 4.33. The number of nitro benzene ring substituents is 1. The number of nitro groups is 1. The molecule has 0 aromatic heterocycles.